The first-order chi connectivity index (χ1) is 12.5. The first-order valence-corrected chi connectivity index (χ1v) is 8.40. The van der Waals surface area contributed by atoms with Crippen LogP contribution in [0.1, 0.15) is 21.5 Å². The van der Waals surface area contributed by atoms with Crippen molar-refractivity contribution in [1.29, 1.82) is 0 Å². The molecule has 0 unspecified atom stereocenters. The minimum atomic E-state index is -0.146. The van der Waals surface area contributed by atoms with Crippen molar-refractivity contribution < 1.29 is 14.3 Å². The van der Waals surface area contributed by atoms with E-state index in [2.05, 4.69) is 5.32 Å². The fourth-order valence-corrected chi connectivity index (χ4v) is 2.35. The quantitative estimate of drug-likeness (QED) is 0.780. The zero-order valence-electron chi connectivity index (χ0n) is 15.4. The molecular weight excluding hydrogens is 328 g/mol. The van der Waals surface area contributed by atoms with Gasteiger partial charge in [-0.15, -0.1) is 0 Å². The summed E-state index contributed by atoms with van der Waals surface area (Å²) in [5.41, 5.74) is 2.62. The molecule has 0 spiro atoms. The van der Waals surface area contributed by atoms with Crippen molar-refractivity contribution in [3.05, 3.63) is 71.3 Å². The molecule has 0 aliphatic rings. The molecule has 2 aromatic rings. The monoisotopic (exact) mass is 352 g/mol. The van der Waals surface area contributed by atoms with Crippen LogP contribution in [0.25, 0.3) is 6.08 Å². The largest absolute Gasteiger partial charge is 0.497 e. The molecule has 136 valence electrons. The van der Waals surface area contributed by atoms with Crippen LogP contribution in [0.15, 0.2) is 54.6 Å². The van der Waals surface area contributed by atoms with E-state index in [1.54, 1.807) is 39.4 Å². The number of nitrogens with one attached hydrogen (secondary N) is 1. The number of carbonyl (C=O) groups is 2. The highest BCUT2D eigenvalue weighted by atomic mass is 16.5. The molecule has 0 atom stereocenters. The standard InChI is InChI=1S/C21H24N2O3/c1-23(2)21(25)18-9-4-16(5-10-18)8-13-20(24)22-15-14-17-6-11-19(26-3)12-7-17/h4-13H,14-15H2,1-3H3,(H,22,24)/b13-8+. The Morgan fingerprint density at radius 2 is 1.69 bits per heavy atom. The summed E-state index contributed by atoms with van der Waals surface area (Å²) in [7, 11) is 5.06. The SMILES string of the molecule is COc1ccc(CCNC(=O)/C=C/c2ccc(C(=O)N(C)C)cc2)cc1. The van der Waals surface area contributed by atoms with Gasteiger partial charge in [-0.1, -0.05) is 24.3 Å². The minimum Gasteiger partial charge on any atom is -0.497 e. The van der Waals surface area contributed by atoms with Gasteiger partial charge in [0.15, 0.2) is 0 Å². The molecule has 0 saturated carbocycles. The maximum atomic E-state index is 11.9. The summed E-state index contributed by atoms with van der Waals surface area (Å²) in [4.78, 5) is 25.3. The summed E-state index contributed by atoms with van der Waals surface area (Å²) in [6.45, 7) is 0.561. The van der Waals surface area contributed by atoms with Crippen LogP contribution in [0.3, 0.4) is 0 Å². The second-order valence-corrected chi connectivity index (χ2v) is 6.04. The molecule has 5 nitrogen and oxygen atoms in total. The van der Waals surface area contributed by atoms with Crippen LogP contribution in [0.2, 0.25) is 0 Å². The molecule has 26 heavy (non-hydrogen) atoms. The van der Waals surface area contributed by atoms with Gasteiger partial charge < -0.3 is 15.0 Å². The van der Waals surface area contributed by atoms with Crippen LogP contribution >= 0.6 is 0 Å². The molecule has 2 aromatic carbocycles. The number of nitrogens with zero attached hydrogens (tertiary/aromatic N) is 1. The van der Waals surface area contributed by atoms with E-state index < -0.39 is 0 Å². The number of methoxy groups -OCH3 is 1. The lowest BCUT2D eigenvalue weighted by molar-refractivity contribution is -0.116. The molecule has 2 rings (SSSR count). The fraction of sp³-hybridized carbons (Fsp3) is 0.238. The van der Waals surface area contributed by atoms with Gasteiger partial charge in [0.2, 0.25) is 5.91 Å². The number of carbonyl (C=O) groups excluding carboxylic acids is 2. The van der Waals surface area contributed by atoms with Crippen LogP contribution in [0.4, 0.5) is 0 Å². The average Bonchev–Trinajstić information content (AvgIpc) is 2.66. The van der Waals surface area contributed by atoms with E-state index in [0.717, 1.165) is 23.3 Å². The third-order valence-corrected chi connectivity index (χ3v) is 3.86. The summed E-state index contributed by atoms with van der Waals surface area (Å²) in [6, 6.07) is 14.9. The lowest BCUT2D eigenvalue weighted by atomic mass is 10.1. The summed E-state index contributed by atoms with van der Waals surface area (Å²) >= 11 is 0. The van der Waals surface area contributed by atoms with Crippen LogP contribution in [0.5, 0.6) is 5.75 Å². The van der Waals surface area contributed by atoms with Gasteiger partial charge in [0, 0.05) is 32.3 Å². The third kappa shape index (κ3) is 5.77. The second-order valence-electron chi connectivity index (χ2n) is 6.04. The summed E-state index contributed by atoms with van der Waals surface area (Å²) < 4.78 is 5.12. The molecule has 0 aliphatic carbocycles. The zero-order chi connectivity index (χ0) is 18.9. The second kappa shape index (κ2) is 9.42. The van der Waals surface area contributed by atoms with Gasteiger partial charge in [-0.05, 0) is 47.9 Å². The van der Waals surface area contributed by atoms with Crippen molar-refractivity contribution in [1.82, 2.24) is 10.2 Å². The van der Waals surface area contributed by atoms with E-state index >= 15 is 0 Å². The van der Waals surface area contributed by atoms with E-state index in [9.17, 15) is 9.59 Å². The molecule has 0 aliphatic heterocycles. The Labute approximate surface area is 154 Å². The highest BCUT2D eigenvalue weighted by Gasteiger charge is 2.06. The van der Waals surface area contributed by atoms with Gasteiger partial charge in [-0.2, -0.15) is 0 Å². The van der Waals surface area contributed by atoms with Crippen molar-refractivity contribution in [2.45, 2.75) is 6.42 Å². The third-order valence-electron chi connectivity index (χ3n) is 3.86. The number of ether oxygens (including phenoxy) is 1. The van der Waals surface area contributed by atoms with Crippen LogP contribution in [0, 0.1) is 0 Å². The molecule has 0 bridgehead atoms. The van der Waals surface area contributed by atoms with Crippen molar-refractivity contribution in [2.24, 2.45) is 0 Å². The number of rotatable bonds is 7. The summed E-state index contributed by atoms with van der Waals surface area (Å²) in [6.07, 6.45) is 3.98. The molecular formula is C21H24N2O3. The molecule has 1 N–H and O–H groups in total. The summed E-state index contributed by atoms with van der Waals surface area (Å²) in [5.74, 6) is 0.628. The smallest absolute Gasteiger partial charge is 0.253 e. The Kier molecular flexibility index (Phi) is 6.97. The Morgan fingerprint density at radius 1 is 1.04 bits per heavy atom. The van der Waals surface area contributed by atoms with Crippen molar-refractivity contribution in [3.63, 3.8) is 0 Å². The average molecular weight is 352 g/mol. The van der Waals surface area contributed by atoms with E-state index in [1.807, 2.05) is 36.4 Å². The molecule has 0 aromatic heterocycles. The Bertz CT molecular complexity index is 763. The Hall–Kier alpha value is -3.08. The molecule has 0 radical (unpaired) electrons. The van der Waals surface area contributed by atoms with Gasteiger partial charge in [0.05, 0.1) is 7.11 Å². The Balaban J connectivity index is 1.80. The predicted molar refractivity (Wildman–Crippen MR) is 103 cm³/mol. The normalized spacial score (nSPS) is 10.6. The molecule has 0 saturated heterocycles. The van der Waals surface area contributed by atoms with E-state index in [0.29, 0.717) is 12.1 Å². The Morgan fingerprint density at radius 3 is 2.27 bits per heavy atom. The van der Waals surface area contributed by atoms with Crippen molar-refractivity contribution >= 4 is 17.9 Å². The topological polar surface area (TPSA) is 58.6 Å². The molecule has 2 amide bonds. The number of hydrogen-bond donors (Lipinski definition) is 1. The lowest BCUT2D eigenvalue weighted by Crippen LogP contribution is -2.23. The predicted octanol–water partition coefficient (Wildman–Crippen LogP) is 2.77. The number of hydrogen-bond acceptors (Lipinski definition) is 3. The number of amides is 2. The van der Waals surface area contributed by atoms with Crippen molar-refractivity contribution in [2.75, 3.05) is 27.7 Å². The van der Waals surface area contributed by atoms with E-state index in [1.165, 1.54) is 11.0 Å². The first-order valence-electron chi connectivity index (χ1n) is 8.40. The van der Waals surface area contributed by atoms with Gasteiger partial charge in [-0.3, -0.25) is 9.59 Å². The lowest BCUT2D eigenvalue weighted by Gasteiger charge is -2.09. The maximum absolute atomic E-state index is 11.9. The number of benzene rings is 2. The van der Waals surface area contributed by atoms with Crippen LogP contribution in [-0.4, -0.2) is 44.5 Å². The summed E-state index contributed by atoms with van der Waals surface area (Å²) in [5, 5.41) is 2.86. The van der Waals surface area contributed by atoms with E-state index in [4.69, 9.17) is 4.74 Å². The van der Waals surface area contributed by atoms with Crippen molar-refractivity contribution in [3.8, 4) is 5.75 Å². The highest BCUT2D eigenvalue weighted by molar-refractivity contribution is 5.94. The minimum absolute atomic E-state index is 0.0446. The molecule has 5 heteroatoms. The van der Waals surface area contributed by atoms with Gasteiger partial charge in [-0.25, -0.2) is 0 Å². The highest BCUT2D eigenvalue weighted by Crippen LogP contribution is 2.11. The van der Waals surface area contributed by atoms with Gasteiger partial charge >= 0.3 is 0 Å². The van der Waals surface area contributed by atoms with Gasteiger partial charge in [0.1, 0.15) is 5.75 Å². The van der Waals surface area contributed by atoms with Crippen LogP contribution in [-0.2, 0) is 11.2 Å². The fourth-order valence-electron chi connectivity index (χ4n) is 2.35. The first kappa shape index (κ1) is 19.2. The van der Waals surface area contributed by atoms with Crippen LogP contribution < -0.4 is 10.1 Å². The molecule has 0 fully saturated rings. The van der Waals surface area contributed by atoms with E-state index in [-0.39, 0.29) is 11.8 Å². The maximum Gasteiger partial charge on any atom is 0.253 e. The zero-order valence-corrected chi connectivity index (χ0v) is 15.4. The molecule has 0 heterocycles. The van der Waals surface area contributed by atoms with Gasteiger partial charge in [0.25, 0.3) is 5.91 Å².